The van der Waals surface area contributed by atoms with E-state index in [1.54, 1.807) is 24.3 Å². The number of ether oxygens (including phenoxy) is 3. The molecule has 0 spiro atoms. The molecule has 0 saturated carbocycles. The van der Waals surface area contributed by atoms with Crippen LogP contribution in [0.25, 0.3) is 0 Å². The lowest BCUT2D eigenvalue weighted by Gasteiger charge is -2.06. The fourth-order valence-electron chi connectivity index (χ4n) is 1.30. The van der Waals surface area contributed by atoms with E-state index in [1.165, 1.54) is 0 Å². The molecule has 0 aromatic heterocycles. The first-order valence-corrected chi connectivity index (χ1v) is 5.88. The molecule has 1 aromatic carbocycles. The topological polar surface area (TPSA) is 61.8 Å². The van der Waals surface area contributed by atoms with Crippen LogP contribution in [-0.2, 0) is 14.3 Å². The highest BCUT2D eigenvalue weighted by Gasteiger charge is 1.98. The van der Waals surface area contributed by atoms with Crippen molar-refractivity contribution in [3.05, 3.63) is 36.9 Å². The van der Waals surface area contributed by atoms with Gasteiger partial charge in [0.2, 0.25) is 0 Å². The van der Waals surface area contributed by atoms with Gasteiger partial charge in [-0.1, -0.05) is 6.58 Å². The number of carbonyl (C=O) groups excluding carboxylic acids is 2. The van der Waals surface area contributed by atoms with Crippen molar-refractivity contribution in [2.75, 3.05) is 13.2 Å². The number of rotatable bonds is 9. The highest BCUT2D eigenvalue weighted by Crippen LogP contribution is 2.17. The molecule has 0 amide bonds. The number of hydrogen-bond donors (Lipinski definition) is 0. The van der Waals surface area contributed by atoms with Crippen molar-refractivity contribution < 1.29 is 23.8 Å². The average molecular weight is 264 g/mol. The Kier molecular flexibility index (Phi) is 6.79. The van der Waals surface area contributed by atoms with Gasteiger partial charge in [0.25, 0.3) is 6.47 Å². The van der Waals surface area contributed by atoms with Crippen LogP contribution in [0, 0.1) is 0 Å². The van der Waals surface area contributed by atoms with Crippen LogP contribution in [-0.4, -0.2) is 25.7 Å². The van der Waals surface area contributed by atoms with Gasteiger partial charge in [0.1, 0.15) is 11.5 Å². The molecule has 0 radical (unpaired) electrons. The van der Waals surface area contributed by atoms with Crippen molar-refractivity contribution >= 4 is 12.4 Å². The van der Waals surface area contributed by atoms with E-state index in [2.05, 4.69) is 11.3 Å². The first-order chi connectivity index (χ1) is 9.26. The molecule has 0 unspecified atom stereocenters. The fraction of sp³-hybridized carbons (Fsp3) is 0.286. The van der Waals surface area contributed by atoms with E-state index in [-0.39, 0.29) is 0 Å². The molecule has 5 nitrogen and oxygen atoms in total. The van der Waals surface area contributed by atoms with E-state index < -0.39 is 5.97 Å². The Morgan fingerprint density at radius 2 is 1.74 bits per heavy atom. The largest absolute Gasteiger partial charge is 0.494 e. The van der Waals surface area contributed by atoms with Gasteiger partial charge >= 0.3 is 5.97 Å². The van der Waals surface area contributed by atoms with Gasteiger partial charge in [-0.25, -0.2) is 4.79 Å². The van der Waals surface area contributed by atoms with Gasteiger partial charge in [0, 0.05) is 6.08 Å². The third-order valence-electron chi connectivity index (χ3n) is 2.23. The van der Waals surface area contributed by atoms with Crippen molar-refractivity contribution in [2.24, 2.45) is 0 Å². The van der Waals surface area contributed by atoms with Gasteiger partial charge < -0.3 is 14.2 Å². The van der Waals surface area contributed by atoms with E-state index in [0.717, 1.165) is 18.9 Å². The SMILES string of the molecule is C=CC(=O)OCCCCOc1ccc(OC=O)cc1. The van der Waals surface area contributed by atoms with Crippen molar-refractivity contribution in [2.45, 2.75) is 12.8 Å². The van der Waals surface area contributed by atoms with Gasteiger partial charge in [-0.3, -0.25) is 4.79 Å². The Labute approximate surface area is 111 Å². The van der Waals surface area contributed by atoms with Gasteiger partial charge in [0.15, 0.2) is 0 Å². The van der Waals surface area contributed by atoms with Crippen LogP contribution in [0.15, 0.2) is 36.9 Å². The van der Waals surface area contributed by atoms with Gasteiger partial charge in [-0.15, -0.1) is 0 Å². The fourth-order valence-corrected chi connectivity index (χ4v) is 1.30. The molecule has 0 aliphatic rings. The Balaban J connectivity index is 2.13. The molecule has 0 N–H and O–H groups in total. The highest BCUT2D eigenvalue weighted by molar-refractivity contribution is 5.81. The van der Waals surface area contributed by atoms with Gasteiger partial charge in [0.05, 0.1) is 13.2 Å². The van der Waals surface area contributed by atoms with Crippen LogP contribution in [0.1, 0.15) is 12.8 Å². The van der Waals surface area contributed by atoms with E-state index >= 15 is 0 Å². The van der Waals surface area contributed by atoms with Gasteiger partial charge in [-0.2, -0.15) is 0 Å². The Bertz CT molecular complexity index is 410. The maximum Gasteiger partial charge on any atom is 0.330 e. The quantitative estimate of drug-likeness (QED) is 0.296. The molecule has 102 valence electrons. The van der Waals surface area contributed by atoms with E-state index in [1.807, 2.05) is 0 Å². The molecule has 0 saturated heterocycles. The summed E-state index contributed by atoms with van der Waals surface area (Å²) in [4.78, 5) is 20.8. The summed E-state index contributed by atoms with van der Waals surface area (Å²) in [5, 5.41) is 0. The predicted octanol–water partition coefficient (Wildman–Crippen LogP) is 2.11. The molecule has 19 heavy (non-hydrogen) atoms. The molecule has 1 aromatic rings. The first kappa shape index (κ1) is 14.8. The minimum atomic E-state index is -0.410. The molecule has 5 heteroatoms. The zero-order valence-electron chi connectivity index (χ0n) is 10.5. The lowest BCUT2D eigenvalue weighted by atomic mass is 10.3. The van der Waals surface area contributed by atoms with Gasteiger partial charge in [-0.05, 0) is 37.1 Å². The summed E-state index contributed by atoms with van der Waals surface area (Å²) in [7, 11) is 0. The van der Waals surface area contributed by atoms with E-state index in [9.17, 15) is 9.59 Å². The normalized spacial score (nSPS) is 9.47. The van der Waals surface area contributed by atoms with Crippen molar-refractivity contribution in [1.29, 1.82) is 0 Å². The second kappa shape index (κ2) is 8.74. The first-order valence-electron chi connectivity index (χ1n) is 5.88. The third-order valence-corrected chi connectivity index (χ3v) is 2.23. The minimum absolute atomic E-state index is 0.361. The molecule has 0 bridgehead atoms. The second-order valence-corrected chi connectivity index (χ2v) is 3.61. The number of carbonyl (C=O) groups is 2. The van der Waals surface area contributed by atoms with E-state index in [4.69, 9.17) is 9.47 Å². The molecule has 0 fully saturated rings. The molecule has 0 aliphatic heterocycles. The number of hydrogen-bond acceptors (Lipinski definition) is 5. The maximum atomic E-state index is 10.7. The zero-order chi connectivity index (χ0) is 13.9. The number of unbranched alkanes of at least 4 members (excludes halogenated alkanes) is 1. The number of esters is 1. The molecule has 0 atom stereocenters. The van der Waals surface area contributed by atoms with E-state index in [0.29, 0.717) is 31.2 Å². The predicted molar refractivity (Wildman–Crippen MR) is 69.0 cm³/mol. The van der Waals surface area contributed by atoms with Crippen molar-refractivity contribution in [3.8, 4) is 11.5 Å². The summed E-state index contributed by atoms with van der Waals surface area (Å²) in [6.45, 7) is 4.57. The van der Waals surface area contributed by atoms with Crippen LogP contribution < -0.4 is 9.47 Å². The van der Waals surface area contributed by atoms with Crippen LogP contribution >= 0.6 is 0 Å². The molecule has 1 rings (SSSR count). The third kappa shape index (κ3) is 6.26. The van der Waals surface area contributed by atoms with Crippen LogP contribution in [0.3, 0.4) is 0 Å². The maximum absolute atomic E-state index is 10.7. The Morgan fingerprint density at radius 1 is 1.11 bits per heavy atom. The minimum Gasteiger partial charge on any atom is -0.494 e. The van der Waals surface area contributed by atoms with Crippen LogP contribution in [0.2, 0.25) is 0 Å². The molecule has 0 aliphatic carbocycles. The molecular formula is C14H16O5. The standard InChI is InChI=1S/C14H16O5/c1-2-14(16)18-10-4-3-9-17-12-5-7-13(8-6-12)19-11-15/h2,5-8,11H,1,3-4,9-10H2. The lowest BCUT2D eigenvalue weighted by molar-refractivity contribution is -0.137. The monoisotopic (exact) mass is 264 g/mol. The number of benzene rings is 1. The second-order valence-electron chi connectivity index (χ2n) is 3.61. The van der Waals surface area contributed by atoms with Crippen LogP contribution in [0.4, 0.5) is 0 Å². The Hall–Kier alpha value is -2.30. The smallest absolute Gasteiger partial charge is 0.330 e. The summed E-state index contributed by atoms with van der Waals surface area (Å²) in [6, 6.07) is 6.73. The average Bonchev–Trinajstić information content (AvgIpc) is 2.44. The summed E-state index contributed by atoms with van der Waals surface area (Å²) in [5.74, 6) is 0.756. The highest BCUT2D eigenvalue weighted by atomic mass is 16.5. The zero-order valence-corrected chi connectivity index (χ0v) is 10.5. The van der Waals surface area contributed by atoms with Crippen LogP contribution in [0.5, 0.6) is 11.5 Å². The summed E-state index contributed by atoms with van der Waals surface area (Å²) in [6.07, 6.45) is 2.64. The molecule has 0 heterocycles. The Morgan fingerprint density at radius 3 is 2.37 bits per heavy atom. The summed E-state index contributed by atoms with van der Waals surface area (Å²) in [5.41, 5.74) is 0. The van der Waals surface area contributed by atoms with Crippen molar-refractivity contribution in [1.82, 2.24) is 0 Å². The summed E-state index contributed by atoms with van der Waals surface area (Å²) < 4.78 is 15.0. The van der Waals surface area contributed by atoms with Crippen molar-refractivity contribution in [3.63, 3.8) is 0 Å². The lowest BCUT2D eigenvalue weighted by Crippen LogP contribution is -2.04. The summed E-state index contributed by atoms with van der Waals surface area (Å²) >= 11 is 0. The molecular weight excluding hydrogens is 248 g/mol.